The van der Waals surface area contributed by atoms with Gasteiger partial charge in [-0.05, 0) is 20.8 Å². The third kappa shape index (κ3) is 5.49. The summed E-state index contributed by atoms with van der Waals surface area (Å²) >= 11 is 0. The predicted octanol–water partition coefficient (Wildman–Crippen LogP) is -0.102. The highest BCUT2D eigenvalue weighted by molar-refractivity contribution is 6.10. The van der Waals surface area contributed by atoms with Gasteiger partial charge < -0.3 is 34.6 Å². The zero-order chi connectivity index (χ0) is 28.3. The molecule has 0 aromatic carbocycles. The Labute approximate surface area is 220 Å². The largest absolute Gasteiger partial charge is 0.512 e. The Kier molecular flexibility index (Phi) is 8.29. The summed E-state index contributed by atoms with van der Waals surface area (Å²) in [5, 5.41) is 44.3. The van der Waals surface area contributed by atoms with E-state index in [2.05, 4.69) is 25.0 Å². The topological polar surface area (TPSA) is 217 Å². The number of allylic oxidation sites excluding steroid dienone is 1. The second kappa shape index (κ2) is 11.6. The van der Waals surface area contributed by atoms with Gasteiger partial charge in [-0.25, -0.2) is 24.2 Å². The van der Waals surface area contributed by atoms with Crippen molar-refractivity contribution >= 4 is 35.1 Å². The summed E-state index contributed by atoms with van der Waals surface area (Å²) in [7, 11) is 0. The summed E-state index contributed by atoms with van der Waals surface area (Å²) in [5.74, 6) is -1.92. The molecule has 0 aliphatic carbocycles. The lowest BCUT2D eigenvalue weighted by molar-refractivity contribution is -0.138. The van der Waals surface area contributed by atoms with Crippen LogP contribution in [-0.2, 0) is 19.0 Å². The standard InChI is InChI=1S/C23H27N7O9/c1-4-37-21(35)12-6-26-30(8-12)23-27-18(24-7-13(11(3)32)22(36)38-5-2)15-19(28-23)29(10-25-15)20-17(34)16(33)14(9-31)39-20/h6-8,10,14,16-17,20,31-34H,4-5,9H2,1-3H3/b13-11-,24-7+/t14-,16-,17-,20-/m1/s1. The first-order valence-corrected chi connectivity index (χ1v) is 11.9. The van der Waals surface area contributed by atoms with Gasteiger partial charge >= 0.3 is 11.9 Å². The van der Waals surface area contributed by atoms with Crippen LogP contribution < -0.4 is 0 Å². The molecule has 16 heteroatoms. The van der Waals surface area contributed by atoms with Gasteiger partial charge in [-0.15, -0.1) is 0 Å². The number of nitrogens with zero attached hydrogens (tertiary/aromatic N) is 7. The molecular weight excluding hydrogens is 518 g/mol. The lowest BCUT2D eigenvalue weighted by Crippen LogP contribution is -2.33. The van der Waals surface area contributed by atoms with Crippen LogP contribution in [0.4, 0.5) is 5.82 Å². The van der Waals surface area contributed by atoms with Crippen LogP contribution in [0, 0.1) is 0 Å². The molecule has 4 rings (SSSR count). The Morgan fingerprint density at radius 2 is 1.92 bits per heavy atom. The van der Waals surface area contributed by atoms with Crippen LogP contribution >= 0.6 is 0 Å². The number of carbonyl (C=O) groups excluding carboxylic acids is 2. The van der Waals surface area contributed by atoms with Crippen LogP contribution in [0.25, 0.3) is 17.1 Å². The molecule has 16 nitrogen and oxygen atoms in total. The summed E-state index contributed by atoms with van der Waals surface area (Å²) in [4.78, 5) is 41.7. The van der Waals surface area contributed by atoms with Crippen molar-refractivity contribution in [3.05, 3.63) is 35.6 Å². The lowest BCUT2D eigenvalue weighted by Gasteiger charge is -2.16. The monoisotopic (exact) mass is 545 g/mol. The van der Waals surface area contributed by atoms with E-state index in [0.29, 0.717) is 0 Å². The average Bonchev–Trinajstić information content (AvgIpc) is 3.62. The molecule has 1 saturated heterocycles. The van der Waals surface area contributed by atoms with Gasteiger partial charge in [0.2, 0.25) is 0 Å². The van der Waals surface area contributed by atoms with Gasteiger partial charge in [0.05, 0.1) is 37.9 Å². The zero-order valence-electron chi connectivity index (χ0n) is 21.2. The molecule has 0 unspecified atom stereocenters. The van der Waals surface area contributed by atoms with E-state index >= 15 is 0 Å². The van der Waals surface area contributed by atoms with E-state index < -0.39 is 43.1 Å². The van der Waals surface area contributed by atoms with Crippen LogP contribution in [0.1, 0.15) is 37.4 Å². The number of aliphatic imine (C=N–C) groups is 1. The molecule has 0 amide bonds. The number of hydrogen-bond acceptors (Lipinski definition) is 14. The molecule has 0 bridgehead atoms. The number of aliphatic hydroxyl groups is 4. The Hall–Kier alpha value is -4.25. The van der Waals surface area contributed by atoms with Gasteiger partial charge in [-0.1, -0.05) is 0 Å². The molecule has 0 saturated carbocycles. The summed E-state index contributed by atoms with van der Waals surface area (Å²) in [6, 6.07) is 0. The van der Waals surface area contributed by atoms with Gasteiger partial charge in [0, 0.05) is 12.4 Å². The molecule has 4 atom stereocenters. The van der Waals surface area contributed by atoms with E-state index in [-0.39, 0.29) is 53.0 Å². The van der Waals surface area contributed by atoms with Crippen molar-refractivity contribution in [1.82, 2.24) is 29.3 Å². The number of hydrogen-bond donors (Lipinski definition) is 4. The Bertz CT molecular complexity index is 1430. The Morgan fingerprint density at radius 3 is 2.56 bits per heavy atom. The first kappa shape index (κ1) is 27.8. The van der Waals surface area contributed by atoms with E-state index in [4.69, 9.17) is 14.2 Å². The van der Waals surface area contributed by atoms with Crippen LogP contribution in [0.3, 0.4) is 0 Å². The molecule has 1 aliphatic heterocycles. The van der Waals surface area contributed by atoms with Crippen molar-refractivity contribution in [2.24, 2.45) is 4.99 Å². The lowest BCUT2D eigenvalue weighted by atomic mass is 10.1. The molecule has 3 aromatic rings. The van der Waals surface area contributed by atoms with E-state index in [1.807, 2.05) is 0 Å². The second-order valence-electron chi connectivity index (χ2n) is 8.27. The van der Waals surface area contributed by atoms with Crippen LogP contribution in [-0.4, -0.2) is 106 Å². The van der Waals surface area contributed by atoms with Gasteiger partial charge in [0.1, 0.15) is 29.6 Å². The molecule has 0 spiro atoms. The maximum atomic E-state index is 12.3. The highest BCUT2D eigenvalue weighted by atomic mass is 16.6. The third-order valence-corrected chi connectivity index (χ3v) is 5.68. The summed E-state index contributed by atoms with van der Waals surface area (Å²) in [6.07, 6.45) is -0.115. The number of carbonyl (C=O) groups is 2. The Balaban J connectivity index is 1.84. The Morgan fingerprint density at radius 1 is 1.18 bits per heavy atom. The quantitative estimate of drug-likeness (QED) is 0.120. The maximum absolute atomic E-state index is 12.3. The average molecular weight is 546 g/mol. The number of fused-ring (bicyclic) bond motifs is 1. The van der Waals surface area contributed by atoms with Crippen LogP contribution in [0.5, 0.6) is 0 Å². The number of imidazole rings is 1. The van der Waals surface area contributed by atoms with E-state index in [1.54, 1.807) is 13.8 Å². The number of aromatic nitrogens is 6. The van der Waals surface area contributed by atoms with Crippen molar-refractivity contribution < 1.29 is 44.2 Å². The highest BCUT2D eigenvalue weighted by Gasteiger charge is 2.44. The van der Waals surface area contributed by atoms with Crippen molar-refractivity contribution in [2.75, 3.05) is 19.8 Å². The summed E-state index contributed by atoms with van der Waals surface area (Å²) in [6.45, 7) is 4.26. The van der Waals surface area contributed by atoms with E-state index in [9.17, 15) is 30.0 Å². The number of rotatable bonds is 9. The molecule has 4 heterocycles. The van der Waals surface area contributed by atoms with Crippen molar-refractivity contribution in [1.29, 1.82) is 0 Å². The minimum absolute atomic E-state index is 0.0717. The fourth-order valence-electron chi connectivity index (χ4n) is 3.76. The number of esters is 2. The molecule has 0 radical (unpaired) electrons. The maximum Gasteiger partial charge on any atom is 0.343 e. The number of aliphatic hydroxyl groups excluding tert-OH is 4. The van der Waals surface area contributed by atoms with Gasteiger partial charge in [-0.3, -0.25) is 4.57 Å². The van der Waals surface area contributed by atoms with Gasteiger partial charge in [0.15, 0.2) is 23.2 Å². The third-order valence-electron chi connectivity index (χ3n) is 5.68. The summed E-state index contributed by atoms with van der Waals surface area (Å²) < 4.78 is 18.0. The second-order valence-corrected chi connectivity index (χ2v) is 8.27. The molecule has 4 N–H and O–H groups in total. The zero-order valence-corrected chi connectivity index (χ0v) is 21.2. The fourth-order valence-corrected chi connectivity index (χ4v) is 3.76. The first-order chi connectivity index (χ1) is 18.7. The van der Waals surface area contributed by atoms with Crippen LogP contribution in [0.15, 0.2) is 35.0 Å². The smallest absolute Gasteiger partial charge is 0.343 e. The molecule has 39 heavy (non-hydrogen) atoms. The summed E-state index contributed by atoms with van der Waals surface area (Å²) in [5.41, 5.74) is 0.0876. The van der Waals surface area contributed by atoms with Crippen molar-refractivity contribution in [2.45, 2.75) is 45.3 Å². The number of ether oxygens (including phenoxy) is 3. The van der Waals surface area contributed by atoms with Gasteiger partial charge in [0.25, 0.3) is 5.95 Å². The molecule has 208 valence electrons. The van der Waals surface area contributed by atoms with Crippen LogP contribution in [0.2, 0.25) is 0 Å². The van der Waals surface area contributed by atoms with E-state index in [0.717, 1.165) is 6.21 Å². The van der Waals surface area contributed by atoms with Crippen molar-refractivity contribution in [3.63, 3.8) is 0 Å². The highest BCUT2D eigenvalue weighted by Crippen LogP contribution is 2.33. The minimum atomic E-state index is -1.43. The van der Waals surface area contributed by atoms with Crippen molar-refractivity contribution in [3.8, 4) is 5.95 Å². The van der Waals surface area contributed by atoms with E-state index in [1.165, 1.54) is 34.9 Å². The molecule has 1 aliphatic rings. The first-order valence-electron chi connectivity index (χ1n) is 11.9. The predicted molar refractivity (Wildman–Crippen MR) is 132 cm³/mol. The molecule has 3 aromatic heterocycles. The minimum Gasteiger partial charge on any atom is -0.512 e. The fraction of sp³-hybridized carbons (Fsp3) is 0.435. The normalized spacial score (nSPS) is 21.9. The van der Waals surface area contributed by atoms with Gasteiger partial charge in [-0.2, -0.15) is 15.1 Å². The molecule has 1 fully saturated rings. The molecular formula is C23H27N7O9. The SMILES string of the molecule is CCOC(=O)C(/C=N/c1nc(-n2cc(C(=O)OCC)cn2)nc2c1ncn2[C@@H]1O[C@H](CO)[C@@H](O)[C@H]1O)=C(/C)O.